The van der Waals surface area contributed by atoms with Crippen LogP contribution in [0, 0.1) is 28.6 Å². The van der Waals surface area contributed by atoms with Crippen molar-refractivity contribution in [2.45, 2.75) is 109 Å². The van der Waals surface area contributed by atoms with Gasteiger partial charge in [0.15, 0.2) is 0 Å². The van der Waals surface area contributed by atoms with Gasteiger partial charge in [0.1, 0.15) is 11.5 Å². The Morgan fingerprint density at radius 1 is 0.951 bits per heavy atom. The largest absolute Gasteiger partial charge is 0.496 e. The molecular formula is C33H46N2O6. The van der Waals surface area contributed by atoms with Crippen molar-refractivity contribution >= 4 is 17.8 Å². The van der Waals surface area contributed by atoms with E-state index in [1.165, 1.54) is 6.42 Å². The molecule has 2 amide bonds. The number of carboxylic acid groups (broad SMARTS) is 1. The lowest BCUT2D eigenvalue weighted by molar-refractivity contribution is -0.150. The molecule has 5 aliphatic rings. The fraction of sp³-hybridized carbons (Fsp3) is 0.727. The minimum Gasteiger partial charge on any atom is -0.496 e. The molecule has 2 bridgehead atoms. The van der Waals surface area contributed by atoms with Crippen molar-refractivity contribution in [2.75, 3.05) is 13.7 Å². The molecule has 5 fully saturated rings. The molecule has 5 aliphatic carbocycles. The van der Waals surface area contributed by atoms with E-state index in [9.17, 15) is 19.5 Å². The molecule has 3 N–H and O–H groups in total. The van der Waals surface area contributed by atoms with Crippen LogP contribution in [0.25, 0.3) is 0 Å². The molecule has 8 nitrogen and oxygen atoms in total. The maximum absolute atomic E-state index is 13.9. The van der Waals surface area contributed by atoms with E-state index in [-0.39, 0.29) is 35.3 Å². The number of hydrogen-bond donors (Lipinski definition) is 3. The highest BCUT2D eigenvalue weighted by atomic mass is 16.5. The lowest BCUT2D eigenvalue weighted by Crippen LogP contribution is -2.51. The van der Waals surface area contributed by atoms with Gasteiger partial charge in [0.05, 0.1) is 30.1 Å². The van der Waals surface area contributed by atoms with E-state index in [0.29, 0.717) is 67.0 Å². The number of nitrogens with one attached hydrogen (secondary N) is 2. The van der Waals surface area contributed by atoms with Gasteiger partial charge in [-0.3, -0.25) is 14.4 Å². The number of aliphatic carboxylic acids is 1. The van der Waals surface area contributed by atoms with Crippen molar-refractivity contribution in [1.29, 1.82) is 0 Å². The second-order valence-electron chi connectivity index (χ2n) is 14.3. The first kappa shape index (κ1) is 28.4. The first-order valence-electron chi connectivity index (χ1n) is 15.8. The summed E-state index contributed by atoms with van der Waals surface area (Å²) >= 11 is 0. The Labute approximate surface area is 243 Å². The molecule has 0 aliphatic heterocycles. The quantitative estimate of drug-likeness (QED) is 0.348. The van der Waals surface area contributed by atoms with Gasteiger partial charge in [0.2, 0.25) is 5.91 Å². The number of carbonyl (C=O) groups is 3. The summed E-state index contributed by atoms with van der Waals surface area (Å²) < 4.78 is 12.2. The maximum atomic E-state index is 13.9. The van der Waals surface area contributed by atoms with E-state index in [0.717, 1.165) is 50.5 Å². The average Bonchev–Trinajstić information content (AvgIpc) is 3.59. The smallest absolute Gasteiger partial charge is 0.309 e. The van der Waals surface area contributed by atoms with Crippen LogP contribution in [0.2, 0.25) is 0 Å². The van der Waals surface area contributed by atoms with Gasteiger partial charge in [-0.1, -0.05) is 13.3 Å². The lowest BCUT2D eigenvalue weighted by atomic mass is 9.70. The molecule has 0 unspecified atom stereocenters. The zero-order chi connectivity index (χ0) is 28.9. The van der Waals surface area contributed by atoms with Gasteiger partial charge in [0, 0.05) is 18.2 Å². The molecule has 6 rings (SSSR count). The normalized spacial score (nSPS) is 33.5. The summed E-state index contributed by atoms with van der Waals surface area (Å²) in [6, 6.07) is 3.60. The summed E-state index contributed by atoms with van der Waals surface area (Å²) in [6.07, 6.45) is 11.2. The molecule has 0 heterocycles. The van der Waals surface area contributed by atoms with E-state index in [2.05, 4.69) is 17.6 Å². The molecule has 1 aromatic rings. The summed E-state index contributed by atoms with van der Waals surface area (Å²) in [4.78, 5) is 39.0. The number of hydrogen-bond acceptors (Lipinski definition) is 5. The van der Waals surface area contributed by atoms with Crippen LogP contribution in [0.3, 0.4) is 0 Å². The zero-order valence-corrected chi connectivity index (χ0v) is 24.8. The van der Waals surface area contributed by atoms with E-state index >= 15 is 0 Å². The van der Waals surface area contributed by atoms with Gasteiger partial charge in [-0.25, -0.2) is 0 Å². The van der Waals surface area contributed by atoms with E-state index < -0.39 is 11.4 Å². The minimum absolute atomic E-state index is 0.0830. The summed E-state index contributed by atoms with van der Waals surface area (Å²) in [5.41, 5.74) is 1.00. The van der Waals surface area contributed by atoms with Crippen molar-refractivity contribution in [1.82, 2.24) is 10.6 Å². The molecule has 8 heteroatoms. The van der Waals surface area contributed by atoms with Crippen LogP contribution in [0.1, 0.15) is 113 Å². The Bertz CT molecular complexity index is 1200. The summed E-state index contributed by atoms with van der Waals surface area (Å²) in [5, 5.41) is 16.1. The van der Waals surface area contributed by atoms with Crippen molar-refractivity contribution in [3.05, 3.63) is 23.3 Å². The number of methoxy groups -OCH3 is 1. The fourth-order valence-corrected chi connectivity index (χ4v) is 7.96. The number of rotatable bonds is 10. The number of carboxylic acids is 1. The molecule has 224 valence electrons. The zero-order valence-electron chi connectivity index (χ0n) is 24.8. The summed E-state index contributed by atoms with van der Waals surface area (Å²) in [6.45, 7) is 4.77. The summed E-state index contributed by atoms with van der Waals surface area (Å²) in [7, 11) is 1.59. The Kier molecular flexibility index (Phi) is 7.48. The highest BCUT2D eigenvalue weighted by molar-refractivity contribution is 5.98. The van der Waals surface area contributed by atoms with Gasteiger partial charge in [-0.05, 0) is 113 Å². The van der Waals surface area contributed by atoms with Gasteiger partial charge in [-0.15, -0.1) is 0 Å². The first-order valence-corrected chi connectivity index (χ1v) is 15.8. The van der Waals surface area contributed by atoms with Gasteiger partial charge in [-0.2, -0.15) is 0 Å². The first-order chi connectivity index (χ1) is 19.6. The molecule has 0 spiro atoms. The minimum atomic E-state index is -0.747. The molecule has 4 atom stereocenters. The topological polar surface area (TPSA) is 114 Å². The van der Waals surface area contributed by atoms with Crippen LogP contribution in [0.4, 0.5) is 0 Å². The molecule has 0 saturated heterocycles. The molecule has 5 saturated carbocycles. The van der Waals surface area contributed by atoms with Gasteiger partial charge in [0.25, 0.3) is 5.91 Å². The van der Waals surface area contributed by atoms with Crippen LogP contribution < -0.4 is 20.1 Å². The number of ether oxygens (including phenoxy) is 2. The maximum Gasteiger partial charge on any atom is 0.309 e. The molecule has 0 aromatic heterocycles. The number of amides is 2. The van der Waals surface area contributed by atoms with Crippen LogP contribution >= 0.6 is 0 Å². The number of carbonyl (C=O) groups excluding carboxylic acids is 2. The lowest BCUT2D eigenvalue weighted by Gasteiger charge is -2.39. The monoisotopic (exact) mass is 566 g/mol. The third kappa shape index (κ3) is 5.55. The third-order valence-corrected chi connectivity index (χ3v) is 11.2. The summed E-state index contributed by atoms with van der Waals surface area (Å²) in [5.74, 6) is 1.18. The van der Waals surface area contributed by atoms with Crippen molar-refractivity contribution < 1.29 is 29.0 Å². The van der Waals surface area contributed by atoms with E-state index in [4.69, 9.17) is 9.47 Å². The van der Waals surface area contributed by atoms with Crippen LogP contribution in [0.5, 0.6) is 11.5 Å². The second-order valence-corrected chi connectivity index (χ2v) is 14.3. The molecule has 41 heavy (non-hydrogen) atoms. The Morgan fingerprint density at radius 2 is 1.66 bits per heavy atom. The number of benzene rings is 1. The number of fused-ring (bicyclic) bond motifs is 2. The van der Waals surface area contributed by atoms with Gasteiger partial charge >= 0.3 is 5.97 Å². The van der Waals surface area contributed by atoms with E-state index in [1.807, 2.05) is 19.1 Å². The molecule has 0 radical (unpaired) electrons. The van der Waals surface area contributed by atoms with Gasteiger partial charge < -0.3 is 25.2 Å². The van der Waals surface area contributed by atoms with Crippen LogP contribution in [-0.2, 0) is 9.59 Å². The Balaban J connectivity index is 1.19. The fourth-order valence-electron chi connectivity index (χ4n) is 7.96. The molecular weight excluding hydrogens is 520 g/mol. The Hall–Kier alpha value is -2.77. The van der Waals surface area contributed by atoms with Crippen LogP contribution in [-0.4, -0.2) is 48.7 Å². The standard InChI is InChI=1S/C33H46N2O6/c1-32(11-4-12-32)18-34-30(37)27-20-7-8-21(15-20)28(27)35-29(36)24-17-26(23(19-5-6-19)16-25(24)40-3)41-22-9-13-33(2,14-10-22)31(38)39/h16-17,19-22,27-28H,4-15,18H2,1-3H3,(H,34,37)(H,35,36)(H,38,39)/t20-,21+,22-,27+,28-,33+/m1/s1. The SMILES string of the molecule is COc1cc(C2CC2)c(O[C@H]2CC[C@@](C)(C(=O)O)CC2)cc1C(=O)N[C@@H]1[C@H]2CC[C@H](C2)[C@@H]1C(=O)NCC1(C)CCC1. The highest BCUT2D eigenvalue weighted by Gasteiger charge is 2.52. The average molecular weight is 567 g/mol. The van der Waals surface area contributed by atoms with E-state index in [1.54, 1.807) is 7.11 Å². The van der Waals surface area contributed by atoms with Crippen molar-refractivity contribution in [3.63, 3.8) is 0 Å². The highest BCUT2D eigenvalue weighted by Crippen LogP contribution is 2.50. The van der Waals surface area contributed by atoms with Crippen molar-refractivity contribution in [2.24, 2.45) is 28.6 Å². The third-order valence-electron chi connectivity index (χ3n) is 11.2. The van der Waals surface area contributed by atoms with Crippen LogP contribution in [0.15, 0.2) is 12.1 Å². The van der Waals surface area contributed by atoms with Crippen molar-refractivity contribution in [3.8, 4) is 11.5 Å². The predicted molar refractivity (Wildman–Crippen MR) is 154 cm³/mol. The Morgan fingerprint density at radius 3 is 2.27 bits per heavy atom. The molecule has 1 aromatic carbocycles. The predicted octanol–water partition coefficient (Wildman–Crippen LogP) is 5.44. The second kappa shape index (κ2) is 10.8.